The molecule has 2 N–H and O–H groups in total. The number of anilines is 1. The Morgan fingerprint density at radius 3 is 2.39 bits per heavy atom. The molecule has 0 bridgehead atoms. The van der Waals surface area contributed by atoms with Crippen LogP contribution in [0.4, 0.5) is 9.93 Å². The number of amides is 2. The second-order valence-corrected chi connectivity index (χ2v) is 5.96. The van der Waals surface area contributed by atoms with E-state index in [1.807, 2.05) is 29.6 Å². The zero-order chi connectivity index (χ0) is 16.7. The van der Waals surface area contributed by atoms with Crippen molar-refractivity contribution in [2.75, 3.05) is 11.9 Å². The molecular formula is C16H18N3O3S-. The molecule has 0 aliphatic carbocycles. The van der Waals surface area contributed by atoms with E-state index in [9.17, 15) is 14.7 Å². The first-order valence-electron chi connectivity index (χ1n) is 7.27. The van der Waals surface area contributed by atoms with E-state index in [0.717, 1.165) is 24.1 Å². The molecule has 0 atom stereocenters. The topological polar surface area (TPSA) is 94.2 Å². The van der Waals surface area contributed by atoms with Gasteiger partial charge in [-0.25, -0.2) is 4.98 Å². The highest BCUT2D eigenvalue weighted by atomic mass is 32.1. The maximum absolute atomic E-state index is 11.0. The number of thiazole rings is 1. The molecule has 0 saturated carbocycles. The molecule has 1 heterocycles. The average molecular weight is 332 g/mol. The van der Waals surface area contributed by atoms with E-state index >= 15 is 0 Å². The van der Waals surface area contributed by atoms with E-state index in [1.165, 1.54) is 23.8 Å². The largest absolute Gasteiger partial charge is 0.530 e. The first kappa shape index (κ1) is 17.0. The molecule has 0 saturated heterocycles. The number of nitrogens with zero attached hydrogens (tertiary/aromatic N) is 1. The summed E-state index contributed by atoms with van der Waals surface area (Å²) in [6.07, 6.45) is 1.06. The molecule has 0 spiro atoms. The molecule has 0 unspecified atom stereocenters. The molecule has 0 aliphatic rings. The number of carboxylic acid groups (broad SMARTS) is 1. The predicted octanol–water partition coefficient (Wildman–Crippen LogP) is 1.36. The number of carbonyl (C=O) groups excluding carboxylic acids is 2. The van der Waals surface area contributed by atoms with Crippen molar-refractivity contribution in [3.05, 3.63) is 46.5 Å². The van der Waals surface area contributed by atoms with Gasteiger partial charge in [0.1, 0.15) is 6.09 Å². The number of aromatic nitrogens is 1. The smallest absolute Gasteiger partial charge is 0.223 e. The predicted molar refractivity (Wildman–Crippen MR) is 87.4 cm³/mol. The van der Waals surface area contributed by atoms with Gasteiger partial charge in [-0.3, -0.25) is 4.79 Å². The molecule has 122 valence electrons. The van der Waals surface area contributed by atoms with Gasteiger partial charge >= 0.3 is 0 Å². The van der Waals surface area contributed by atoms with E-state index < -0.39 is 6.09 Å². The van der Waals surface area contributed by atoms with E-state index in [4.69, 9.17) is 0 Å². The second-order valence-electron chi connectivity index (χ2n) is 5.11. The van der Waals surface area contributed by atoms with E-state index in [1.54, 1.807) is 0 Å². The fraction of sp³-hybridized carbons (Fsp3) is 0.312. The van der Waals surface area contributed by atoms with Crippen LogP contribution in [-0.2, 0) is 24.1 Å². The molecule has 6 nitrogen and oxygen atoms in total. The maximum atomic E-state index is 11.0. The highest BCUT2D eigenvalue weighted by Gasteiger charge is 2.04. The van der Waals surface area contributed by atoms with Crippen LogP contribution in [0.3, 0.4) is 0 Å². The Kier molecular flexibility index (Phi) is 6.10. The average Bonchev–Trinajstić information content (AvgIpc) is 2.93. The van der Waals surface area contributed by atoms with Crippen molar-refractivity contribution in [3.63, 3.8) is 0 Å². The van der Waals surface area contributed by atoms with Crippen LogP contribution < -0.4 is 15.7 Å². The molecule has 2 aromatic rings. The van der Waals surface area contributed by atoms with Crippen molar-refractivity contribution >= 4 is 28.5 Å². The molecule has 23 heavy (non-hydrogen) atoms. The Bertz CT molecular complexity index is 667. The molecule has 1 aromatic carbocycles. The summed E-state index contributed by atoms with van der Waals surface area (Å²) < 4.78 is 0. The Hall–Kier alpha value is -2.41. The maximum Gasteiger partial charge on any atom is 0.223 e. The van der Waals surface area contributed by atoms with Crippen LogP contribution in [-0.4, -0.2) is 23.5 Å². The van der Waals surface area contributed by atoms with Crippen LogP contribution in [0.1, 0.15) is 23.7 Å². The lowest BCUT2D eigenvalue weighted by Crippen LogP contribution is -2.37. The standard InChI is InChI=1S/C16H19N3O3S/c1-11(20)18-15-19-14(10-23-15)7-6-12-2-4-13(5-3-12)8-9-17-16(21)22/h2-5,10,17H,6-9H2,1H3,(H,21,22)(H,18,19,20)/p-1. The molecule has 7 heteroatoms. The number of hydrogen-bond donors (Lipinski definition) is 2. The zero-order valence-electron chi connectivity index (χ0n) is 12.8. The van der Waals surface area contributed by atoms with Gasteiger partial charge in [-0.1, -0.05) is 24.3 Å². The number of benzene rings is 1. The third kappa shape index (κ3) is 6.07. The highest BCUT2D eigenvalue weighted by Crippen LogP contribution is 2.17. The van der Waals surface area contributed by atoms with Crippen molar-refractivity contribution in [1.29, 1.82) is 0 Å². The number of hydrogen-bond acceptors (Lipinski definition) is 5. The fourth-order valence-electron chi connectivity index (χ4n) is 2.08. The zero-order valence-corrected chi connectivity index (χ0v) is 13.6. The summed E-state index contributed by atoms with van der Waals surface area (Å²) in [5.74, 6) is -0.116. The summed E-state index contributed by atoms with van der Waals surface area (Å²) in [5.41, 5.74) is 3.22. The second kappa shape index (κ2) is 8.28. The molecule has 2 rings (SSSR count). The summed E-state index contributed by atoms with van der Waals surface area (Å²) >= 11 is 1.42. The summed E-state index contributed by atoms with van der Waals surface area (Å²) in [6.45, 7) is 1.82. The summed E-state index contributed by atoms with van der Waals surface area (Å²) in [4.78, 5) is 25.6. The molecule has 1 aromatic heterocycles. The van der Waals surface area contributed by atoms with Crippen molar-refractivity contribution in [1.82, 2.24) is 10.3 Å². The molecule has 0 aliphatic heterocycles. The van der Waals surface area contributed by atoms with E-state index in [0.29, 0.717) is 18.1 Å². The highest BCUT2D eigenvalue weighted by molar-refractivity contribution is 7.13. The van der Waals surface area contributed by atoms with Gasteiger partial charge in [0.05, 0.1) is 5.69 Å². The van der Waals surface area contributed by atoms with Crippen molar-refractivity contribution in [3.8, 4) is 0 Å². The third-order valence-electron chi connectivity index (χ3n) is 3.21. The van der Waals surface area contributed by atoms with Gasteiger partial charge < -0.3 is 20.5 Å². The van der Waals surface area contributed by atoms with Gasteiger partial charge in [-0.05, 0) is 30.4 Å². The van der Waals surface area contributed by atoms with Crippen LogP contribution in [0.2, 0.25) is 0 Å². The quantitative estimate of drug-likeness (QED) is 0.800. The monoisotopic (exact) mass is 332 g/mol. The first-order chi connectivity index (χ1) is 11.0. The summed E-state index contributed by atoms with van der Waals surface area (Å²) in [7, 11) is 0. The normalized spacial score (nSPS) is 10.3. The minimum absolute atomic E-state index is 0.116. The van der Waals surface area contributed by atoms with Crippen LogP contribution in [0.5, 0.6) is 0 Å². The minimum atomic E-state index is -1.25. The van der Waals surface area contributed by atoms with Gasteiger partial charge in [-0.2, -0.15) is 0 Å². The third-order valence-corrected chi connectivity index (χ3v) is 4.02. The van der Waals surface area contributed by atoms with Crippen molar-refractivity contribution in [2.24, 2.45) is 0 Å². The SMILES string of the molecule is CC(=O)Nc1nc(CCc2ccc(CCNC(=O)[O-])cc2)cs1. The van der Waals surface area contributed by atoms with Crippen molar-refractivity contribution in [2.45, 2.75) is 26.2 Å². The lowest BCUT2D eigenvalue weighted by molar-refractivity contribution is -0.250. The Morgan fingerprint density at radius 1 is 1.13 bits per heavy atom. The summed E-state index contributed by atoms with van der Waals surface area (Å²) in [6, 6.07) is 8.07. The lowest BCUT2D eigenvalue weighted by Gasteiger charge is -2.07. The van der Waals surface area contributed by atoms with Gasteiger partial charge in [0.25, 0.3) is 0 Å². The van der Waals surface area contributed by atoms with Crippen molar-refractivity contribution < 1.29 is 14.7 Å². The number of carbonyl (C=O) groups is 2. The Balaban J connectivity index is 1.80. The molecule has 2 amide bonds. The Morgan fingerprint density at radius 2 is 1.78 bits per heavy atom. The van der Waals surface area contributed by atoms with Crippen LogP contribution in [0, 0.1) is 0 Å². The van der Waals surface area contributed by atoms with Crippen LogP contribution in [0.25, 0.3) is 0 Å². The first-order valence-corrected chi connectivity index (χ1v) is 8.15. The Labute approximate surface area is 138 Å². The molecule has 0 radical (unpaired) electrons. The summed E-state index contributed by atoms with van der Waals surface area (Å²) in [5, 5.41) is 17.8. The van der Waals surface area contributed by atoms with Crippen LogP contribution in [0.15, 0.2) is 29.6 Å². The number of nitrogens with one attached hydrogen (secondary N) is 2. The van der Waals surface area contributed by atoms with Gasteiger partial charge in [-0.15, -0.1) is 11.3 Å². The van der Waals surface area contributed by atoms with Crippen LogP contribution >= 0.6 is 11.3 Å². The number of aryl methyl sites for hydroxylation is 2. The fourth-order valence-corrected chi connectivity index (χ4v) is 2.87. The van der Waals surface area contributed by atoms with E-state index in [-0.39, 0.29) is 5.91 Å². The van der Waals surface area contributed by atoms with Gasteiger partial charge in [0.2, 0.25) is 5.91 Å². The van der Waals surface area contributed by atoms with Gasteiger partial charge in [0.15, 0.2) is 5.13 Å². The van der Waals surface area contributed by atoms with E-state index in [2.05, 4.69) is 15.6 Å². The number of rotatable bonds is 7. The molecular weight excluding hydrogens is 314 g/mol. The van der Waals surface area contributed by atoms with Gasteiger partial charge in [0, 0.05) is 18.8 Å². The lowest BCUT2D eigenvalue weighted by atomic mass is 10.0. The minimum Gasteiger partial charge on any atom is -0.530 e. The molecule has 0 fully saturated rings.